The van der Waals surface area contributed by atoms with E-state index < -0.39 is 0 Å². The highest BCUT2D eigenvalue weighted by Gasteiger charge is 2.37. The zero-order chi connectivity index (χ0) is 10.9. The molecule has 0 radical (unpaired) electrons. The van der Waals surface area contributed by atoms with E-state index in [9.17, 15) is 0 Å². The van der Waals surface area contributed by atoms with Gasteiger partial charge in [0, 0.05) is 5.54 Å². The van der Waals surface area contributed by atoms with E-state index in [0.29, 0.717) is 5.54 Å². The van der Waals surface area contributed by atoms with Gasteiger partial charge in [-0.05, 0) is 65.0 Å². The first-order valence-electron chi connectivity index (χ1n) is 6.77. The Kier molecular flexibility index (Phi) is 3.12. The number of hydrogen-bond donors (Lipinski definition) is 0. The molecule has 15 heavy (non-hydrogen) atoms. The molecule has 0 bridgehead atoms. The topological polar surface area (TPSA) is 3.24 Å². The molecule has 0 aromatic carbocycles. The van der Waals surface area contributed by atoms with Crippen molar-refractivity contribution in [1.29, 1.82) is 0 Å². The Labute approximate surface area is 95.2 Å². The monoisotopic (exact) mass is 209 g/mol. The fourth-order valence-electron chi connectivity index (χ4n) is 3.45. The Morgan fingerprint density at radius 2 is 1.33 bits per heavy atom. The Balaban J connectivity index is 1.91. The van der Waals surface area contributed by atoms with Crippen LogP contribution in [0.15, 0.2) is 0 Å². The van der Waals surface area contributed by atoms with E-state index in [0.717, 1.165) is 5.41 Å². The molecule has 1 saturated heterocycles. The molecule has 0 aromatic rings. The maximum atomic E-state index is 2.67. The van der Waals surface area contributed by atoms with Crippen LogP contribution in [0.25, 0.3) is 0 Å². The fourth-order valence-corrected chi connectivity index (χ4v) is 3.45. The number of hydrogen-bond acceptors (Lipinski definition) is 1. The highest BCUT2D eigenvalue weighted by atomic mass is 15.2. The Hall–Kier alpha value is -0.0400. The molecular formula is C14H27N. The van der Waals surface area contributed by atoms with Gasteiger partial charge in [-0.15, -0.1) is 0 Å². The van der Waals surface area contributed by atoms with Crippen molar-refractivity contribution in [2.75, 3.05) is 13.1 Å². The maximum absolute atomic E-state index is 2.67. The summed E-state index contributed by atoms with van der Waals surface area (Å²) in [4.78, 5) is 2.67. The van der Waals surface area contributed by atoms with Gasteiger partial charge in [0.2, 0.25) is 0 Å². The average Bonchev–Trinajstić information content (AvgIpc) is 2.18. The number of likely N-dealkylation sites (tertiary alicyclic amines) is 1. The predicted molar refractivity (Wildman–Crippen MR) is 66.1 cm³/mol. The first-order valence-corrected chi connectivity index (χ1v) is 6.77. The molecule has 0 aromatic heterocycles. The third-order valence-electron chi connectivity index (χ3n) is 4.69. The fraction of sp³-hybridized carbons (Fsp3) is 1.00. The third kappa shape index (κ3) is 2.55. The number of rotatable bonds is 0. The molecule has 88 valence electrons. The van der Waals surface area contributed by atoms with Gasteiger partial charge in [-0.25, -0.2) is 0 Å². The molecule has 0 amide bonds. The average molecular weight is 209 g/mol. The van der Waals surface area contributed by atoms with Crippen molar-refractivity contribution < 1.29 is 0 Å². The maximum Gasteiger partial charge on any atom is 0.0125 e. The van der Waals surface area contributed by atoms with Crippen LogP contribution in [0.5, 0.6) is 0 Å². The molecule has 2 fully saturated rings. The van der Waals surface area contributed by atoms with Gasteiger partial charge in [0.25, 0.3) is 0 Å². The van der Waals surface area contributed by atoms with Crippen LogP contribution in [0, 0.1) is 5.41 Å². The summed E-state index contributed by atoms with van der Waals surface area (Å²) in [5, 5.41) is 0. The molecule has 1 heteroatoms. The second-order valence-electron chi connectivity index (χ2n) is 6.72. The summed E-state index contributed by atoms with van der Waals surface area (Å²) >= 11 is 0. The lowest BCUT2D eigenvalue weighted by Crippen LogP contribution is -2.49. The van der Waals surface area contributed by atoms with Gasteiger partial charge >= 0.3 is 0 Å². The molecule has 1 aliphatic heterocycles. The van der Waals surface area contributed by atoms with E-state index in [1.807, 2.05) is 0 Å². The summed E-state index contributed by atoms with van der Waals surface area (Å²) in [7, 11) is 0. The van der Waals surface area contributed by atoms with Gasteiger partial charge in [-0.1, -0.05) is 19.3 Å². The van der Waals surface area contributed by atoms with E-state index in [2.05, 4.69) is 25.7 Å². The van der Waals surface area contributed by atoms with Crippen LogP contribution in [0.1, 0.15) is 65.7 Å². The van der Waals surface area contributed by atoms with Gasteiger partial charge in [0.15, 0.2) is 0 Å². The molecular weight excluding hydrogens is 182 g/mol. The van der Waals surface area contributed by atoms with Crippen LogP contribution in [-0.2, 0) is 0 Å². The highest BCUT2D eigenvalue weighted by Crippen LogP contribution is 2.45. The van der Waals surface area contributed by atoms with Crippen molar-refractivity contribution in [2.45, 2.75) is 71.3 Å². The van der Waals surface area contributed by atoms with Gasteiger partial charge in [-0.2, -0.15) is 0 Å². The van der Waals surface area contributed by atoms with Crippen LogP contribution in [0.3, 0.4) is 0 Å². The summed E-state index contributed by atoms with van der Waals surface area (Å²) in [5.41, 5.74) is 1.15. The van der Waals surface area contributed by atoms with Gasteiger partial charge < -0.3 is 0 Å². The summed E-state index contributed by atoms with van der Waals surface area (Å²) < 4.78 is 0. The molecule has 1 aliphatic carbocycles. The minimum absolute atomic E-state index is 0.385. The third-order valence-corrected chi connectivity index (χ3v) is 4.69. The quantitative estimate of drug-likeness (QED) is 0.586. The normalized spacial score (nSPS) is 28.2. The van der Waals surface area contributed by atoms with Crippen molar-refractivity contribution in [1.82, 2.24) is 4.90 Å². The van der Waals surface area contributed by atoms with Crippen LogP contribution in [0.2, 0.25) is 0 Å². The molecule has 1 spiro atoms. The smallest absolute Gasteiger partial charge is 0.0125 e. The van der Waals surface area contributed by atoms with Gasteiger partial charge in [0.1, 0.15) is 0 Å². The Morgan fingerprint density at radius 3 is 1.80 bits per heavy atom. The Bertz CT molecular complexity index is 198. The summed E-state index contributed by atoms with van der Waals surface area (Å²) in [6.45, 7) is 9.73. The van der Waals surface area contributed by atoms with Crippen molar-refractivity contribution in [3.63, 3.8) is 0 Å². The van der Waals surface area contributed by atoms with Crippen molar-refractivity contribution >= 4 is 0 Å². The first kappa shape index (κ1) is 11.4. The standard InChI is InChI=1S/C14H27N/c1-13(2,3)15-11-9-14(10-12-15)7-5-4-6-8-14/h4-12H2,1-3H3. The first-order chi connectivity index (χ1) is 7.02. The molecule has 2 rings (SSSR count). The van der Waals surface area contributed by atoms with Crippen LogP contribution >= 0.6 is 0 Å². The second-order valence-corrected chi connectivity index (χ2v) is 6.72. The minimum Gasteiger partial charge on any atom is -0.298 e. The minimum atomic E-state index is 0.385. The van der Waals surface area contributed by atoms with Crippen LogP contribution < -0.4 is 0 Å². The van der Waals surface area contributed by atoms with E-state index >= 15 is 0 Å². The molecule has 1 nitrogen and oxygen atoms in total. The summed E-state index contributed by atoms with van der Waals surface area (Å²) in [6.07, 6.45) is 10.4. The second kappa shape index (κ2) is 4.08. The van der Waals surface area contributed by atoms with Gasteiger partial charge in [0.05, 0.1) is 0 Å². The van der Waals surface area contributed by atoms with Crippen LogP contribution in [-0.4, -0.2) is 23.5 Å². The molecule has 0 N–H and O–H groups in total. The lowest BCUT2D eigenvalue weighted by Gasteiger charge is -2.48. The number of piperidine rings is 1. The molecule has 0 atom stereocenters. The van der Waals surface area contributed by atoms with Crippen LogP contribution in [0.4, 0.5) is 0 Å². The Morgan fingerprint density at radius 1 is 0.800 bits per heavy atom. The molecule has 2 aliphatic rings. The lowest BCUT2D eigenvalue weighted by molar-refractivity contribution is 0.0222. The molecule has 0 unspecified atom stereocenters. The largest absolute Gasteiger partial charge is 0.298 e. The van der Waals surface area contributed by atoms with E-state index in [1.54, 1.807) is 0 Å². The van der Waals surface area contributed by atoms with E-state index in [-0.39, 0.29) is 0 Å². The van der Waals surface area contributed by atoms with Crippen molar-refractivity contribution in [2.24, 2.45) is 5.41 Å². The lowest BCUT2D eigenvalue weighted by atomic mass is 9.68. The molecule has 1 saturated carbocycles. The van der Waals surface area contributed by atoms with Crippen molar-refractivity contribution in [3.05, 3.63) is 0 Å². The zero-order valence-corrected chi connectivity index (χ0v) is 10.8. The van der Waals surface area contributed by atoms with Crippen molar-refractivity contribution in [3.8, 4) is 0 Å². The highest BCUT2D eigenvalue weighted by molar-refractivity contribution is 4.91. The van der Waals surface area contributed by atoms with E-state index in [1.165, 1.54) is 58.0 Å². The summed E-state index contributed by atoms with van der Waals surface area (Å²) in [6, 6.07) is 0. The SMILES string of the molecule is CC(C)(C)N1CCC2(CCCCC2)CC1. The zero-order valence-electron chi connectivity index (χ0n) is 10.8. The predicted octanol–water partition coefficient (Wildman–Crippen LogP) is 3.83. The van der Waals surface area contributed by atoms with E-state index in [4.69, 9.17) is 0 Å². The number of nitrogens with zero attached hydrogens (tertiary/aromatic N) is 1. The van der Waals surface area contributed by atoms with Gasteiger partial charge in [-0.3, -0.25) is 4.90 Å². The summed E-state index contributed by atoms with van der Waals surface area (Å²) in [5.74, 6) is 0. The molecule has 1 heterocycles.